The zero-order valence-corrected chi connectivity index (χ0v) is 11.3. The van der Waals surface area contributed by atoms with Gasteiger partial charge in [-0.1, -0.05) is 6.07 Å². The van der Waals surface area contributed by atoms with Gasteiger partial charge in [-0.15, -0.1) is 0 Å². The summed E-state index contributed by atoms with van der Waals surface area (Å²) in [7, 11) is 0. The van der Waals surface area contributed by atoms with Gasteiger partial charge >= 0.3 is 0 Å². The average molecular weight is 258 g/mol. The van der Waals surface area contributed by atoms with Crippen LogP contribution in [0.25, 0.3) is 10.9 Å². The Balaban J connectivity index is 2.26. The maximum atomic E-state index is 8.97. The zero-order chi connectivity index (χ0) is 13.7. The van der Waals surface area contributed by atoms with Crippen molar-refractivity contribution in [1.82, 2.24) is 4.57 Å². The molecule has 0 N–H and O–H groups in total. The maximum Gasteiger partial charge on any atom is 0.175 e. The summed E-state index contributed by atoms with van der Waals surface area (Å²) in [5.41, 5.74) is 1.69. The number of benzene rings is 1. The van der Waals surface area contributed by atoms with Gasteiger partial charge in [-0.25, -0.2) is 0 Å². The highest BCUT2D eigenvalue weighted by atomic mass is 16.7. The molecule has 0 amide bonds. The molecule has 0 saturated carbocycles. The Morgan fingerprint density at radius 1 is 1.21 bits per heavy atom. The van der Waals surface area contributed by atoms with Crippen LogP contribution in [0.3, 0.4) is 0 Å². The summed E-state index contributed by atoms with van der Waals surface area (Å²) in [6.45, 7) is 5.77. The fourth-order valence-electron chi connectivity index (χ4n) is 2.10. The second-order valence-corrected chi connectivity index (χ2v) is 4.19. The number of hydrogen-bond donors (Lipinski definition) is 0. The number of ether oxygens (including phenoxy) is 2. The number of rotatable bonds is 6. The molecule has 0 aliphatic heterocycles. The molecule has 0 spiro atoms. The largest absolute Gasteiger partial charge is 0.351 e. The van der Waals surface area contributed by atoms with E-state index in [2.05, 4.69) is 10.6 Å². The van der Waals surface area contributed by atoms with Crippen molar-refractivity contribution >= 4 is 10.9 Å². The highest BCUT2D eigenvalue weighted by Crippen LogP contribution is 2.18. The zero-order valence-electron chi connectivity index (χ0n) is 11.3. The third-order valence-electron chi connectivity index (χ3n) is 2.95. The summed E-state index contributed by atoms with van der Waals surface area (Å²) >= 11 is 0. The molecule has 0 bridgehead atoms. The van der Waals surface area contributed by atoms with E-state index in [1.165, 1.54) is 0 Å². The maximum absolute atomic E-state index is 8.97. The van der Waals surface area contributed by atoms with Gasteiger partial charge in [-0.3, -0.25) is 0 Å². The lowest BCUT2D eigenvalue weighted by Crippen LogP contribution is -2.23. The minimum atomic E-state index is -0.253. The van der Waals surface area contributed by atoms with E-state index < -0.39 is 0 Å². The van der Waals surface area contributed by atoms with Crippen LogP contribution in [0.1, 0.15) is 19.4 Å². The van der Waals surface area contributed by atoms with E-state index in [1.807, 2.05) is 44.3 Å². The Bertz CT molecular complexity index is 577. The fraction of sp³-hybridized carbons (Fsp3) is 0.400. The number of hydrogen-bond acceptors (Lipinski definition) is 3. The molecule has 19 heavy (non-hydrogen) atoms. The topological polar surface area (TPSA) is 47.2 Å². The minimum absolute atomic E-state index is 0.253. The number of nitrogens with zero attached hydrogens (tertiary/aromatic N) is 2. The quantitative estimate of drug-likeness (QED) is 0.748. The molecule has 100 valence electrons. The number of nitriles is 1. The SMILES string of the molecule is CCOC(Cn1ccc2ccc(C#N)cc21)OCC. The van der Waals surface area contributed by atoms with E-state index in [9.17, 15) is 0 Å². The van der Waals surface area contributed by atoms with Crippen molar-refractivity contribution in [3.05, 3.63) is 36.0 Å². The van der Waals surface area contributed by atoms with Crippen molar-refractivity contribution in [2.45, 2.75) is 26.7 Å². The molecule has 0 aliphatic rings. The van der Waals surface area contributed by atoms with Crippen LogP contribution in [0.15, 0.2) is 30.5 Å². The summed E-state index contributed by atoms with van der Waals surface area (Å²) < 4.78 is 13.2. The molecule has 0 atom stereocenters. The lowest BCUT2D eigenvalue weighted by molar-refractivity contribution is -0.143. The molecule has 0 saturated heterocycles. The predicted molar refractivity (Wildman–Crippen MR) is 73.7 cm³/mol. The third kappa shape index (κ3) is 3.14. The highest BCUT2D eigenvalue weighted by Gasteiger charge is 2.11. The summed E-state index contributed by atoms with van der Waals surface area (Å²) in [4.78, 5) is 0. The molecule has 0 aliphatic carbocycles. The van der Waals surface area contributed by atoms with E-state index in [1.54, 1.807) is 0 Å². The average Bonchev–Trinajstić information content (AvgIpc) is 2.82. The molecule has 1 heterocycles. The van der Waals surface area contributed by atoms with Gasteiger partial charge in [0.05, 0.1) is 18.2 Å². The molecule has 0 radical (unpaired) electrons. The molecule has 0 unspecified atom stereocenters. The second kappa shape index (κ2) is 6.37. The van der Waals surface area contributed by atoms with Crippen molar-refractivity contribution in [3.8, 4) is 6.07 Å². The second-order valence-electron chi connectivity index (χ2n) is 4.19. The van der Waals surface area contributed by atoms with E-state index in [4.69, 9.17) is 14.7 Å². The standard InChI is InChI=1S/C15H18N2O2/c1-3-18-15(19-4-2)11-17-8-7-13-6-5-12(10-16)9-14(13)17/h5-9,15H,3-4,11H2,1-2H3. The summed E-state index contributed by atoms with van der Waals surface area (Å²) in [6, 6.07) is 9.88. The van der Waals surface area contributed by atoms with E-state index in [-0.39, 0.29) is 6.29 Å². The van der Waals surface area contributed by atoms with Crippen molar-refractivity contribution < 1.29 is 9.47 Å². The van der Waals surface area contributed by atoms with Crippen LogP contribution in [0, 0.1) is 11.3 Å². The fourth-order valence-corrected chi connectivity index (χ4v) is 2.10. The number of fused-ring (bicyclic) bond motifs is 1. The van der Waals surface area contributed by atoms with Crippen molar-refractivity contribution in [3.63, 3.8) is 0 Å². The summed E-state index contributed by atoms with van der Waals surface area (Å²) in [5.74, 6) is 0. The summed E-state index contributed by atoms with van der Waals surface area (Å²) in [6.07, 6.45) is 1.74. The Labute approximate surface area is 113 Å². The first-order valence-electron chi connectivity index (χ1n) is 6.50. The first-order chi connectivity index (χ1) is 9.28. The van der Waals surface area contributed by atoms with Crippen LogP contribution >= 0.6 is 0 Å². The Hall–Kier alpha value is -1.83. The van der Waals surface area contributed by atoms with Crippen LogP contribution < -0.4 is 0 Å². The molecular weight excluding hydrogens is 240 g/mol. The summed E-state index contributed by atoms with van der Waals surface area (Å²) in [5, 5.41) is 10.1. The van der Waals surface area contributed by atoms with Crippen LogP contribution in [0.4, 0.5) is 0 Å². The molecule has 4 heteroatoms. The van der Waals surface area contributed by atoms with Gasteiger partial charge in [-0.05, 0) is 37.4 Å². The first-order valence-corrected chi connectivity index (χ1v) is 6.50. The van der Waals surface area contributed by atoms with Crippen LogP contribution in [0.5, 0.6) is 0 Å². The molecular formula is C15H18N2O2. The highest BCUT2D eigenvalue weighted by molar-refractivity contribution is 5.81. The van der Waals surface area contributed by atoms with Gasteiger partial charge in [0, 0.05) is 24.9 Å². The van der Waals surface area contributed by atoms with Crippen LogP contribution in [-0.4, -0.2) is 24.1 Å². The Morgan fingerprint density at radius 2 is 1.95 bits per heavy atom. The van der Waals surface area contributed by atoms with Crippen LogP contribution in [0.2, 0.25) is 0 Å². The minimum Gasteiger partial charge on any atom is -0.351 e. The normalized spacial score (nSPS) is 11.1. The molecule has 1 aromatic carbocycles. The van der Waals surface area contributed by atoms with E-state index in [0.29, 0.717) is 25.3 Å². The van der Waals surface area contributed by atoms with Gasteiger partial charge in [0.2, 0.25) is 0 Å². The van der Waals surface area contributed by atoms with Crippen LogP contribution in [-0.2, 0) is 16.0 Å². The van der Waals surface area contributed by atoms with Gasteiger partial charge in [0.1, 0.15) is 0 Å². The van der Waals surface area contributed by atoms with Gasteiger partial charge in [0.15, 0.2) is 6.29 Å². The lowest BCUT2D eigenvalue weighted by atomic mass is 10.2. The number of aromatic nitrogens is 1. The molecule has 4 nitrogen and oxygen atoms in total. The molecule has 2 aromatic rings. The van der Waals surface area contributed by atoms with Gasteiger partial charge in [0.25, 0.3) is 0 Å². The third-order valence-corrected chi connectivity index (χ3v) is 2.95. The lowest BCUT2D eigenvalue weighted by Gasteiger charge is -2.18. The molecule has 0 fully saturated rings. The molecule has 2 rings (SSSR count). The van der Waals surface area contributed by atoms with E-state index >= 15 is 0 Å². The monoisotopic (exact) mass is 258 g/mol. The van der Waals surface area contributed by atoms with Crippen molar-refractivity contribution in [1.29, 1.82) is 5.26 Å². The Morgan fingerprint density at radius 3 is 2.58 bits per heavy atom. The van der Waals surface area contributed by atoms with Gasteiger partial charge in [-0.2, -0.15) is 5.26 Å². The van der Waals surface area contributed by atoms with E-state index in [0.717, 1.165) is 10.9 Å². The molecule has 1 aromatic heterocycles. The first kappa shape index (κ1) is 13.6. The smallest absolute Gasteiger partial charge is 0.175 e. The van der Waals surface area contributed by atoms with Crippen molar-refractivity contribution in [2.24, 2.45) is 0 Å². The Kier molecular flexibility index (Phi) is 4.56. The van der Waals surface area contributed by atoms with Gasteiger partial charge < -0.3 is 14.0 Å². The van der Waals surface area contributed by atoms with Crippen molar-refractivity contribution in [2.75, 3.05) is 13.2 Å². The predicted octanol–water partition coefficient (Wildman–Crippen LogP) is 2.91.